The summed E-state index contributed by atoms with van der Waals surface area (Å²) in [7, 11) is 0. The van der Waals surface area contributed by atoms with Gasteiger partial charge in [0.2, 0.25) is 0 Å². The monoisotopic (exact) mass is 419 g/mol. The first-order valence-corrected chi connectivity index (χ1v) is 9.43. The maximum atomic E-state index is 14.8. The van der Waals surface area contributed by atoms with Crippen molar-refractivity contribution in [2.75, 3.05) is 6.61 Å². The number of aromatic hydroxyl groups is 1. The molecule has 0 aliphatic rings. The fourth-order valence-electron chi connectivity index (χ4n) is 3.29. The number of aromatic nitrogens is 1. The van der Waals surface area contributed by atoms with Crippen LogP contribution in [0.1, 0.15) is 41.4 Å². The van der Waals surface area contributed by atoms with Crippen LogP contribution in [-0.2, 0) is 16.0 Å². The van der Waals surface area contributed by atoms with Gasteiger partial charge in [-0.15, -0.1) is 0 Å². The van der Waals surface area contributed by atoms with Gasteiger partial charge in [0.1, 0.15) is 0 Å². The zero-order chi connectivity index (χ0) is 22.0. The zero-order valence-electron chi connectivity index (χ0n) is 16.5. The Hall–Kier alpha value is -3.29. The van der Waals surface area contributed by atoms with Crippen molar-refractivity contribution >= 4 is 22.8 Å². The van der Waals surface area contributed by atoms with E-state index in [1.165, 1.54) is 13.0 Å². The zero-order valence-corrected chi connectivity index (χ0v) is 16.5. The second-order valence-corrected chi connectivity index (χ2v) is 6.88. The molecule has 0 fully saturated rings. The van der Waals surface area contributed by atoms with Crippen LogP contribution in [-0.4, -0.2) is 28.2 Å². The molecular formula is C22H20F3NO4. The van der Waals surface area contributed by atoms with Gasteiger partial charge in [-0.3, -0.25) is 14.2 Å². The van der Waals surface area contributed by atoms with Crippen LogP contribution < -0.4 is 0 Å². The third kappa shape index (κ3) is 3.90. The van der Waals surface area contributed by atoms with Crippen molar-refractivity contribution in [3.05, 3.63) is 64.6 Å². The van der Waals surface area contributed by atoms with Gasteiger partial charge in [0.15, 0.2) is 23.2 Å². The lowest BCUT2D eigenvalue weighted by Crippen LogP contribution is -2.15. The van der Waals surface area contributed by atoms with Gasteiger partial charge in [0, 0.05) is 16.6 Å². The van der Waals surface area contributed by atoms with Crippen LogP contribution in [0.2, 0.25) is 0 Å². The van der Waals surface area contributed by atoms with Crippen LogP contribution in [0.15, 0.2) is 30.3 Å². The molecule has 1 heterocycles. The van der Waals surface area contributed by atoms with Crippen LogP contribution in [0.3, 0.4) is 0 Å². The lowest BCUT2D eigenvalue weighted by molar-refractivity contribution is -0.142. The van der Waals surface area contributed by atoms with Gasteiger partial charge in [0.25, 0.3) is 5.91 Å². The van der Waals surface area contributed by atoms with Crippen molar-refractivity contribution in [2.45, 2.75) is 33.1 Å². The van der Waals surface area contributed by atoms with E-state index in [0.717, 1.165) is 35.3 Å². The van der Waals surface area contributed by atoms with Crippen molar-refractivity contribution in [1.82, 2.24) is 4.57 Å². The normalized spacial score (nSPS) is 11.1. The lowest BCUT2D eigenvalue weighted by atomic mass is 10.1. The summed E-state index contributed by atoms with van der Waals surface area (Å²) in [6, 6.07) is 5.09. The summed E-state index contributed by atoms with van der Waals surface area (Å²) >= 11 is 0. The number of phenolic OH excluding ortho intramolecular Hbond substituents is 1. The second-order valence-electron chi connectivity index (χ2n) is 6.88. The lowest BCUT2D eigenvalue weighted by Gasteiger charge is -2.08. The number of hydrogen-bond acceptors (Lipinski definition) is 4. The van der Waals surface area contributed by atoms with Crippen LogP contribution in [0, 0.1) is 24.4 Å². The summed E-state index contributed by atoms with van der Waals surface area (Å²) in [5.74, 6) is -5.25. The number of hydrogen-bond donors (Lipinski definition) is 1. The second kappa shape index (κ2) is 8.61. The summed E-state index contributed by atoms with van der Waals surface area (Å²) < 4.78 is 47.9. The van der Waals surface area contributed by atoms with Crippen LogP contribution in [0.4, 0.5) is 13.2 Å². The van der Waals surface area contributed by atoms with Crippen molar-refractivity contribution in [3.8, 4) is 5.75 Å². The number of benzene rings is 2. The summed E-state index contributed by atoms with van der Waals surface area (Å²) in [5, 5.41) is 9.69. The number of esters is 1. The topological polar surface area (TPSA) is 68.5 Å². The fraction of sp³-hybridized carbons (Fsp3) is 0.273. The molecule has 30 heavy (non-hydrogen) atoms. The molecule has 0 saturated heterocycles. The molecule has 5 nitrogen and oxygen atoms in total. The molecule has 0 radical (unpaired) electrons. The minimum Gasteiger partial charge on any atom is -0.505 e. The number of unbranched alkanes of at least 4 members (excludes halogenated alkanes) is 1. The maximum Gasteiger partial charge on any atom is 0.310 e. The average molecular weight is 419 g/mol. The average Bonchev–Trinajstić information content (AvgIpc) is 2.98. The van der Waals surface area contributed by atoms with Crippen molar-refractivity contribution < 1.29 is 32.6 Å². The highest BCUT2D eigenvalue weighted by molar-refractivity contribution is 6.05. The first kappa shape index (κ1) is 21.4. The van der Waals surface area contributed by atoms with Gasteiger partial charge >= 0.3 is 5.97 Å². The van der Waals surface area contributed by atoms with E-state index in [-0.39, 0.29) is 40.8 Å². The molecule has 8 heteroatoms. The van der Waals surface area contributed by atoms with Gasteiger partial charge in [-0.2, -0.15) is 0 Å². The minimum atomic E-state index is -1.20. The molecule has 0 atom stereocenters. The molecule has 0 saturated carbocycles. The van der Waals surface area contributed by atoms with Crippen LogP contribution >= 0.6 is 0 Å². The Balaban J connectivity index is 2.12. The summed E-state index contributed by atoms with van der Waals surface area (Å²) in [6.45, 7) is 3.66. The van der Waals surface area contributed by atoms with Crippen LogP contribution in [0.25, 0.3) is 10.9 Å². The number of halogens is 3. The van der Waals surface area contributed by atoms with Crippen molar-refractivity contribution in [3.63, 3.8) is 0 Å². The van der Waals surface area contributed by atoms with Gasteiger partial charge in [0.05, 0.1) is 18.5 Å². The predicted molar refractivity (Wildman–Crippen MR) is 104 cm³/mol. The largest absolute Gasteiger partial charge is 0.505 e. The SMILES string of the molecule is CCCCOC(=O)Cc1c(C)n(C(=O)c2ccc(F)c(F)c2)c2ccc(O)c(F)c12. The first-order chi connectivity index (χ1) is 14.3. The Labute approximate surface area is 170 Å². The third-order valence-electron chi connectivity index (χ3n) is 4.87. The highest BCUT2D eigenvalue weighted by atomic mass is 19.2. The molecule has 1 N–H and O–H groups in total. The molecule has 3 rings (SSSR count). The van der Waals surface area contributed by atoms with Gasteiger partial charge in [-0.1, -0.05) is 13.3 Å². The third-order valence-corrected chi connectivity index (χ3v) is 4.87. The van der Waals surface area contributed by atoms with Crippen molar-refractivity contribution in [2.24, 2.45) is 0 Å². The Morgan fingerprint density at radius 2 is 1.83 bits per heavy atom. The molecule has 0 unspecified atom stereocenters. The molecule has 0 spiro atoms. The number of carbonyl (C=O) groups excluding carboxylic acids is 2. The standard InChI is InChI=1S/C22H20F3NO4/c1-3-4-9-30-19(28)11-14-12(2)26(17-7-8-18(27)21(25)20(14)17)22(29)13-5-6-15(23)16(24)10-13/h5-8,10,27H,3-4,9,11H2,1-2H3. The number of nitrogens with zero attached hydrogens (tertiary/aromatic N) is 1. The number of fused-ring (bicyclic) bond motifs is 1. The van der Waals surface area contributed by atoms with E-state index >= 15 is 0 Å². The van der Waals surface area contributed by atoms with Gasteiger partial charge < -0.3 is 9.84 Å². The maximum absolute atomic E-state index is 14.8. The molecule has 158 valence electrons. The summed E-state index contributed by atoms with van der Waals surface area (Å²) in [4.78, 5) is 25.2. The first-order valence-electron chi connectivity index (χ1n) is 9.43. The van der Waals surface area contributed by atoms with E-state index in [0.29, 0.717) is 6.42 Å². The number of ether oxygens (including phenoxy) is 1. The van der Waals surface area contributed by atoms with E-state index in [1.807, 2.05) is 6.92 Å². The van der Waals surface area contributed by atoms with Crippen molar-refractivity contribution in [1.29, 1.82) is 0 Å². The summed E-state index contributed by atoms with van der Waals surface area (Å²) in [6.07, 6.45) is 1.19. The molecule has 0 bridgehead atoms. The molecule has 3 aromatic rings. The van der Waals surface area contributed by atoms with E-state index < -0.39 is 35.1 Å². The molecule has 1 aromatic heterocycles. The van der Waals surface area contributed by atoms with E-state index in [9.17, 15) is 27.9 Å². The smallest absolute Gasteiger partial charge is 0.310 e. The molecular weight excluding hydrogens is 399 g/mol. The van der Waals surface area contributed by atoms with Crippen LogP contribution in [0.5, 0.6) is 5.75 Å². The Kier molecular flexibility index (Phi) is 6.14. The fourth-order valence-corrected chi connectivity index (χ4v) is 3.29. The predicted octanol–water partition coefficient (Wildman–Crippen LogP) is 4.65. The van der Waals surface area contributed by atoms with Gasteiger partial charge in [-0.05, 0) is 49.2 Å². The summed E-state index contributed by atoms with van der Waals surface area (Å²) in [5.41, 5.74) is 0.348. The Bertz CT molecular complexity index is 1140. The Morgan fingerprint density at radius 1 is 1.10 bits per heavy atom. The Morgan fingerprint density at radius 3 is 2.50 bits per heavy atom. The molecule has 2 aromatic carbocycles. The molecule has 0 amide bonds. The number of rotatable bonds is 6. The molecule has 0 aliphatic carbocycles. The number of phenols is 1. The van der Waals surface area contributed by atoms with E-state index in [4.69, 9.17) is 4.74 Å². The molecule has 0 aliphatic heterocycles. The van der Waals surface area contributed by atoms with Gasteiger partial charge in [-0.25, -0.2) is 13.2 Å². The van der Waals surface area contributed by atoms with E-state index in [1.54, 1.807) is 0 Å². The number of carbonyl (C=O) groups is 2. The minimum absolute atomic E-state index is 0.0916. The van der Waals surface area contributed by atoms with E-state index in [2.05, 4.69) is 0 Å². The highest BCUT2D eigenvalue weighted by Gasteiger charge is 2.25. The highest BCUT2D eigenvalue weighted by Crippen LogP contribution is 2.33. The quantitative estimate of drug-likeness (QED) is 0.467.